The Balaban J connectivity index is 2.00. The Hall–Kier alpha value is -1.36. The molecular weight excluding hydrogens is 204 g/mol. The zero-order chi connectivity index (χ0) is 11.4. The maximum Gasteiger partial charge on any atom is 0.226 e. The van der Waals surface area contributed by atoms with E-state index in [0.717, 1.165) is 37.8 Å². The van der Waals surface area contributed by atoms with Crippen LogP contribution in [-0.2, 0) is 4.74 Å². The minimum absolute atomic E-state index is 0.471. The fourth-order valence-corrected chi connectivity index (χ4v) is 1.70. The minimum Gasteiger partial charge on any atom is -0.381 e. The molecule has 5 heteroatoms. The van der Waals surface area contributed by atoms with Crippen molar-refractivity contribution < 1.29 is 4.74 Å². The van der Waals surface area contributed by atoms with Crippen LogP contribution in [-0.4, -0.2) is 43.3 Å². The van der Waals surface area contributed by atoms with Crippen molar-refractivity contribution in [3.63, 3.8) is 0 Å². The van der Waals surface area contributed by atoms with Gasteiger partial charge in [-0.2, -0.15) is 4.98 Å². The van der Waals surface area contributed by atoms with Gasteiger partial charge in [0.05, 0.1) is 0 Å². The number of rotatable bonds is 3. The van der Waals surface area contributed by atoms with E-state index in [9.17, 15) is 0 Å². The Morgan fingerprint density at radius 3 is 2.81 bits per heavy atom. The van der Waals surface area contributed by atoms with Gasteiger partial charge in [-0.1, -0.05) is 0 Å². The molecule has 1 fully saturated rings. The Labute approximate surface area is 95.8 Å². The van der Waals surface area contributed by atoms with Crippen LogP contribution in [0.3, 0.4) is 0 Å². The zero-order valence-electron chi connectivity index (χ0n) is 9.81. The molecule has 0 unspecified atom stereocenters. The van der Waals surface area contributed by atoms with Gasteiger partial charge in [-0.3, -0.25) is 0 Å². The lowest BCUT2D eigenvalue weighted by Crippen LogP contribution is -2.28. The molecule has 2 rings (SSSR count). The van der Waals surface area contributed by atoms with Gasteiger partial charge >= 0.3 is 0 Å². The standard InChI is InChI=1S/C11H18N4O/c1-15(2)11-12-6-3-10(14-11)13-9-4-7-16-8-5-9/h3,6,9H,4-5,7-8H2,1-2H3,(H,12,13,14). The summed E-state index contributed by atoms with van der Waals surface area (Å²) in [5.41, 5.74) is 0. The van der Waals surface area contributed by atoms with Gasteiger partial charge in [-0.25, -0.2) is 4.98 Å². The second kappa shape index (κ2) is 5.12. The molecule has 0 radical (unpaired) electrons. The van der Waals surface area contributed by atoms with Crippen molar-refractivity contribution in [1.29, 1.82) is 0 Å². The lowest BCUT2D eigenvalue weighted by atomic mass is 10.1. The van der Waals surface area contributed by atoms with E-state index in [4.69, 9.17) is 4.74 Å². The van der Waals surface area contributed by atoms with Gasteiger partial charge < -0.3 is 15.0 Å². The molecule has 1 aromatic rings. The first kappa shape index (κ1) is 11.1. The highest BCUT2D eigenvalue weighted by Gasteiger charge is 2.14. The molecule has 0 spiro atoms. The molecule has 5 nitrogen and oxygen atoms in total. The number of aromatic nitrogens is 2. The lowest BCUT2D eigenvalue weighted by molar-refractivity contribution is 0.0904. The fourth-order valence-electron chi connectivity index (χ4n) is 1.70. The summed E-state index contributed by atoms with van der Waals surface area (Å²) in [6.45, 7) is 1.67. The maximum atomic E-state index is 5.32. The van der Waals surface area contributed by atoms with E-state index in [0.29, 0.717) is 6.04 Å². The van der Waals surface area contributed by atoms with Crippen molar-refractivity contribution in [2.24, 2.45) is 0 Å². The summed E-state index contributed by atoms with van der Waals surface area (Å²) in [4.78, 5) is 10.5. The molecule has 0 saturated carbocycles. The first-order chi connectivity index (χ1) is 7.75. The molecule has 0 amide bonds. The zero-order valence-corrected chi connectivity index (χ0v) is 9.81. The predicted molar refractivity (Wildman–Crippen MR) is 63.8 cm³/mol. The highest BCUT2D eigenvalue weighted by molar-refractivity contribution is 5.41. The second-order valence-corrected chi connectivity index (χ2v) is 4.17. The summed E-state index contributed by atoms with van der Waals surface area (Å²) in [5, 5.41) is 3.42. The predicted octanol–water partition coefficient (Wildman–Crippen LogP) is 1.13. The smallest absolute Gasteiger partial charge is 0.226 e. The molecular formula is C11H18N4O. The third kappa shape index (κ3) is 2.82. The van der Waals surface area contributed by atoms with Gasteiger partial charge in [0.25, 0.3) is 0 Å². The van der Waals surface area contributed by atoms with Crippen LogP contribution in [0.4, 0.5) is 11.8 Å². The van der Waals surface area contributed by atoms with Crippen LogP contribution in [0.1, 0.15) is 12.8 Å². The summed E-state index contributed by atoms with van der Waals surface area (Å²) in [5.74, 6) is 1.63. The number of nitrogens with one attached hydrogen (secondary N) is 1. The van der Waals surface area contributed by atoms with Crippen LogP contribution >= 0.6 is 0 Å². The fraction of sp³-hybridized carbons (Fsp3) is 0.636. The van der Waals surface area contributed by atoms with Gasteiger partial charge in [-0.15, -0.1) is 0 Å². The summed E-state index contributed by atoms with van der Waals surface area (Å²) < 4.78 is 5.32. The highest BCUT2D eigenvalue weighted by Crippen LogP contribution is 2.14. The molecule has 1 aliphatic heterocycles. The molecule has 1 aromatic heterocycles. The van der Waals surface area contributed by atoms with Crippen molar-refractivity contribution in [3.05, 3.63) is 12.3 Å². The molecule has 88 valence electrons. The second-order valence-electron chi connectivity index (χ2n) is 4.17. The molecule has 16 heavy (non-hydrogen) atoms. The summed E-state index contributed by atoms with van der Waals surface area (Å²) in [7, 11) is 3.88. The third-order valence-corrected chi connectivity index (χ3v) is 2.62. The first-order valence-corrected chi connectivity index (χ1v) is 5.60. The number of anilines is 2. The highest BCUT2D eigenvalue weighted by atomic mass is 16.5. The average Bonchev–Trinajstić information content (AvgIpc) is 2.30. The van der Waals surface area contributed by atoms with Crippen molar-refractivity contribution in [2.75, 3.05) is 37.5 Å². The molecule has 1 N–H and O–H groups in total. The van der Waals surface area contributed by atoms with Crippen molar-refractivity contribution >= 4 is 11.8 Å². The molecule has 0 bridgehead atoms. The minimum atomic E-state index is 0.471. The average molecular weight is 222 g/mol. The summed E-state index contributed by atoms with van der Waals surface area (Å²) in [6, 6.07) is 2.38. The van der Waals surface area contributed by atoms with E-state index in [1.807, 2.05) is 25.1 Å². The first-order valence-electron chi connectivity index (χ1n) is 5.60. The number of nitrogens with zero attached hydrogens (tertiary/aromatic N) is 3. The van der Waals surface area contributed by atoms with Crippen LogP contribution < -0.4 is 10.2 Å². The number of hydrogen-bond acceptors (Lipinski definition) is 5. The Kier molecular flexibility index (Phi) is 3.56. The molecule has 0 aromatic carbocycles. The van der Waals surface area contributed by atoms with Gasteiger partial charge in [0.2, 0.25) is 5.95 Å². The Bertz CT molecular complexity index is 337. The lowest BCUT2D eigenvalue weighted by Gasteiger charge is -2.23. The van der Waals surface area contributed by atoms with E-state index in [1.165, 1.54) is 0 Å². The van der Waals surface area contributed by atoms with E-state index < -0.39 is 0 Å². The topological polar surface area (TPSA) is 50.3 Å². The van der Waals surface area contributed by atoms with Crippen LogP contribution in [0.15, 0.2) is 12.3 Å². The Morgan fingerprint density at radius 2 is 2.12 bits per heavy atom. The summed E-state index contributed by atoms with van der Waals surface area (Å²) >= 11 is 0. The normalized spacial score (nSPS) is 17.1. The number of hydrogen-bond donors (Lipinski definition) is 1. The van der Waals surface area contributed by atoms with Crippen molar-refractivity contribution in [1.82, 2.24) is 9.97 Å². The number of ether oxygens (including phenoxy) is 1. The maximum absolute atomic E-state index is 5.32. The molecule has 0 atom stereocenters. The van der Waals surface area contributed by atoms with Gasteiger partial charge in [0.1, 0.15) is 5.82 Å². The van der Waals surface area contributed by atoms with E-state index >= 15 is 0 Å². The van der Waals surface area contributed by atoms with Crippen LogP contribution in [0, 0.1) is 0 Å². The van der Waals surface area contributed by atoms with E-state index in [2.05, 4.69) is 15.3 Å². The monoisotopic (exact) mass is 222 g/mol. The molecule has 0 aliphatic carbocycles. The molecule has 1 aliphatic rings. The largest absolute Gasteiger partial charge is 0.381 e. The van der Waals surface area contributed by atoms with E-state index in [1.54, 1.807) is 6.20 Å². The summed E-state index contributed by atoms with van der Waals surface area (Å²) in [6.07, 6.45) is 3.87. The van der Waals surface area contributed by atoms with Crippen molar-refractivity contribution in [3.8, 4) is 0 Å². The van der Waals surface area contributed by atoms with Crippen LogP contribution in [0.25, 0.3) is 0 Å². The van der Waals surface area contributed by atoms with Crippen molar-refractivity contribution in [2.45, 2.75) is 18.9 Å². The van der Waals surface area contributed by atoms with Gasteiger partial charge in [0, 0.05) is 39.5 Å². The SMILES string of the molecule is CN(C)c1nccc(NC2CCOCC2)n1. The van der Waals surface area contributed by atoms with Gasteiger partial charge in [0.15, 0.2) is 0 Å². The molecule has 1 saturated heterocycles. The van der Waals surface area contributed by atoms with E-state index in [-0.39, 0.29) is 0 Å². The van der Waals surface area contributed by atoms with Crippen LogP contribution in [0.2, 0.25) is 0 Å². The quantitative estimate of drug-likeness (QED) is 0.831. The Morgan fingerprint density at radius 1 is 1.38 bits per heavy atom. The van der Waals surface area contributed by atoms with Gasteiger partial charge in [-0.05, 0) is 18.9 Å². The van der Waals surface area contributed by atoms with Crippen LogP contribution in [0.5, 0.6) is 0 Å². The molecule has 2 heterocycles. The third-order valence-electron chi connectivity index (χ3n) is 2.62.